The Hall–Kier alpha value is -1.31. The first-order chi connectivity index (χ1) is 13.0. The molecule has 27 heavy (non-hydrogen) atoms. The lowest BCUT2D eigenvalue weighted by Gasteiger charge is -2.31. The molecule has 0 aromatic heterocycles. The van der Waals surface area contributed by atoms with Gasteiger partial charge in [0.25, 0.3) is 0 Å². The van der Waals surface area contributed by atoms with Crippen LogP contribution >= 0.6 is 15.9 Å². The summed E-state index contributed by atoms with van der Waals surface area (Å²) >= 11 is 3.63. The molecule has 0 atom stereocenters. The van der Waals surface area contributed by atoms with Crippen molar-refractivity contribution in [2.75, 3.05) is 33.0 Å². The fourth-order valence-electron chi connectivity index (χ4n) is 3.42. The number of carbonyl (C=O) groups is 1. The van der Waals surface area contributed by atoms with E-state index in [1.807, 2.05) is 26.0 Å². The fraction of sp³-hybridized carbons (Fsp3) is 0.650. The van der Waals surface area contributed by atoms with Crippen LogP contribution in [0.1, 0.15) is 38.7 Å². The number of nitrogens with one attached hydrogen (secondary N) is 1. The molecule has 0 spiro atoms. The highest BCUT2D eigenvalue weighted by Crippen LogP contribution is 2.37. The molecule has 2 aliphatic rings. The predicted octanol–water partition coefficient (Wildman–Crippen LogP) is 3.32. The quantitative estimate of drug-likeness (QED) is 0.628. The maximum Gasteiger partial charge on any atom is 0.231 e. The zero-order valence-corrected chi connectivity index (χ0v) is 17.7. The third-order valence-electron chi connectivity index (χ3n) is 4.97. The summed E-state index contributed by atoms with van der Waals surface area (Å²) in [5.74, 6) is 1.90. The number of halogens is 1. The Morgan fingerprint density at radius 2 is 2.00 bits per heavy atom. The standard InChI is InChI=1S/C20H29BrN2O4/c1-14(2)25-9-3-6-22-20(24)15-4-7-23(8-5-15)12-16-10-18-19(11-17(16)21)27-13-26-18/h10-11,14-15H,3-9,12-13H2,1-2H3,(H,22,24). The Morgan fingerprint density at radius 1 is 1.30 bits per heavy atom. The molecule has 0 unspecified atom stereocenters. The van der Waals surface area contributed by atoms with Gasteiger partial charge in [-0.3, -0.25) is 9.69 Å². The van der Waals surface area contributed by atoms with Crippen molar-refractivity contribution >= 4 is 21.8 Å². The predicted molar refractivity (Wildman–Crippen MR) is 107 cm³/mol. The number of hydrogen-bond acceptors (Lipinski definition) is 5. The molecule has 1 fully saturated rings. The number of carbonyl (C=O) groups excluding carboxylic acids is 1. The first-order valence-corrected chi connectivity index (χ1v) is 10.5. The minimum absolute atomic E-state index is 0.118. The van der Waals surface area contributed by atoms with Crippen molar-refractivity contribution in [3.63, 3.8) is 0 Å². The monoisotopic (exact) mass is 440 g/mol. The number of rotatable bonds is 8. The molecule has 1 aromatic carbocycles. The van der Waals surface area contributed by atoms with Crippen LogP contribution in [0.3, 0.4) is 0 Å². The largest absolute Gasteiger partial charge is 0.454 e. The Kier molecular flexibility index (Phi) is 7.38. The van der Waals surface area contributed by atoms with Gasteiger partial charge in [0, 0.05) is 30.1 Å². The summed E-state index contributed by atoms with van der Waals surface area (Å²) in [5.41, 5.74) is 1.19. The van der Waals surface area contributed by atoms with Crippen LogP contribution < -0.4 is 14.8 Å². The molecule has 7 heteroatoms. The van der Waals surface area contributed by atoms with Gasteiger partial charge in [-0.25, -0.2) is 0 Å². The Balaban J connectivity index is 1.39. The number of benzene rings is 1. The van der Waals surface area contributed by atoms with Gasteiger partial charge in [-0.15, -0.1) is 0 Å². The van der Waals surface area contributed by atoms with Crippen molar-refractivity contribution in [1.82, 2.24) is 10.2 Å². The van der Waals surface area contributed by atoms with Crippen molar-refractivity contribution in [2.45, 2.75) is 45.8 Å². The van der Waals surface area contributed by atoms with E-state index in [2.05, 4.69) is 26.1 Å². The molecule has 1 N–H and O–H groups in total. The number of piperidine rings is 1. The van der Waals surface area contributed by atoms with E-state index in [1.165, 1.54) is 5.56 Å². The molecular formula is C20H29BrN2O4. The highest BCUT2D eigenvalue weighted by atomic mass is 79.9. The van der Waals surface area contributed by atoms with Gasteiger partial charge in [0.1, 0.15) is 0 Å². The van der Waals surface area contributed by atoms with Crippen molar-refractivity contribution in [1.29, 1.82) is 0 Å². The highest BCUT2D eigenvalue weighted by molar-refractivity contribution is 9.10. The summed E-state index contributed by atoms with van der Waals surface area (Å²) in [6, 6.07) is 4.02. The summed E-state index contributed by atoms with van der Waals surface area (Å²) < 4.78 is 17.4. The molecule has 3 rings (SSSR count). The van der Waals surface area contributed by atoms with E-state index >= 15 is 0 Å². The second kappa shape index (κ2) is 9.75. The lowest BCUT2D eigenvalue weighted by atomic mass is 9.95. The molecule has 2 aliphatic heterocycles. The smallest absolute Gasteiger partial charge is 0.231 e. The van der Waals surface area contributed by atoms with E-state index < -0.39 is 0 Å². The van der Waals surface area contributed by atoms with Crippen LogP contribution in [0.2, 0.25) is 0 Å². The van der Waals surface area contributed by atoms with Crippen molar-refractivity contribution in [3.05, 3.63) is 22.2 Å². The van der Waals surface area contributed by atoms with Crippen LogP contribution in [0.25, 0.3) is 0 Å². The molecular weight excluding hydrogens is 412 g/mol. The van der Waals surface area contributed by atoms with Crippen molar-refractivity contribution < 1.29 is 19.0 Å². The van der Waals surface area contributed by atoms with Gasteiger partial charge in [-0.2, -0.15) is 0 Å². The minimum atomic E-state index is 0.118. The Morgan fingerprint density at radius 3 is 2.70 bits per heavy atom. The molecule has 1 amide bonds. The molecule has 1 aromatic rings. The molecule has 1 saturated heterocycles. The molecule has 2 heterocycles. The van der Waals surface area contributed by atoms with Crippen LogP contribution in [0.5, 0.6) is 11.5 Å². The van der Waals surface area contributed by atoms with E-state index in [0.717, 1.165) is 54.9 Å². The van der Waals surface area contributed by atoms with Crippen LogP contribution in [0.15, 0.2) is 16.6 Å². The van der Waals surface area contributed by atoms with Gasteiger partial charge in [0.15, 0.2) is 11.5 Å². The molecule has 6 nitrogen and oxygen atoms in total. The SMILES string of the molecule is CC(C)OCCCNC(=O)C1CCN(Cc2cc3c(cc2Br)OCO3)CC1. The van der Waals surface area contributed by atoms with E-state index in [4.69, 9.17) is 14.2 Å². The number of nitrogens with zero attached hydrogens (tertiary/aromatic N) is 1. The summed E-state index contributed by atoms with van der Waals surface area (Å²) in [6.45, 7) is 8.41. The third-order valence-corrected chi connectivity index (χ3v) is 5.70. The summed E-state index contributed by atoms with van der Waals surface area (Å²) in [5, 5.41) is 3.05. The van der Waals surface area contributed by atoms with Gasteiger partial charge in [-0.1, -0.05) is 15.9 Å². The topological polar surface area (TPSA) is 60.0 Å². The maximum absolute atomic E-state index is 12.3. The van der Waals surface area contributed by atoms with Crippen molar-refractivity contribution in [3.8, 4) is 11.5 Å². The lowest BCUT2D eigenvalue weighted by molar-refractivity contribution is -0.126. The Labute approximate surface area is 169 Å². The molecule has 150 valence electrons. The maximum atomic E-state index is 12.3. The third kappa shape index (κ3) is 5.83. The van der Waals surface area contributed by atoms with Crippen LogP contribution in [0, 0.1) is 5.92 Å². The molecule has 0 radical (unpaired) electrons. The summed E-state index contributed by atoms with van der Waals surface area (Å²) in [6.07, 6.45) is 2.91. The molecule has 0 aliphatic carbocycles. The van der Waals surface area contributed by atoms with E-state index in [-0.39, 0.29) is 24.7 Å². The van der Waals surface area contributed by atoms with E-state index in [0.29, 0.717) is 13.2 Å². The molecule has 0 bridgehead atoms. The number of amides is 1. The van der Waals surface area contributed by atoms with Crippen LogP contribution in [-0.2, 0) is 16.1 Å². The normalized spacial score (nSPS) is 17.5. The van der Waals surface area contributed by atoms with E-state index in [9.17, 15) is 4.79 Å². The van der Waals surface area contributed by atoms with Crippen LogP contribution in [0.4, 0.5) is 0 Å². The van der Waals surface area contributed by atoms with Crippen molar-refractivity contribution in [2.24, 2.45) is 5.92 Å². The van der Waals surface area contributed by atoms with Gasteiger partial charge < -0.3 is 19.5 Å². The second-order valence-corrected chi connectivity index (χ2v) is 8.27. The Bertz CT molecular complexity index is 645. The fourth-order valence-corrected chi connectivity index (χ4v) is 3.87. The van der Waals surface area contributed by atoms with Gasteiger partial charge in [0.2, 0.25) is 12.7 Å². The van der Waals surface area contributed by atoms with Gasteiger partial charge >= 0.3 is 0 Å². The number of fused-ring (bicyclic) bond motifs is 1. The minimum Gasteiger partial charge on any atom is -0.454 e. The van der Waals surface area contributed by atoms with Gasteiger partial charge in [0.05, 0.1) is 6.10 Å². The average Bonchev–Trinajstić information content (AvgIpc) is 3.09. The zero-order chi connectivity index (χ0) is 19.2. The highest BCUT2D eigenvalue weighted by Gasteiger charge is 2.25. The average molecular weight is 441 g/mol. The number of hydrogen-bond donors (Lipinski definition) is 1. The first kappa shape index (κ1) is 20.4. The summed E-state index contributed by atoms with van der Waals surface area (Å²) in [4.78, 5) is 14.7. The first-order valence-electron chi connectivity index (χ1n) is 9.72. The zero-order valence-electron chi connectivity index (χ0n) is 16.1. The second-order valence-electron chi connectivity index (χ2n) is 7.41. The summed E-state index contributed by atoms with van der Waals surface area (Å²) in [7, 11) is 0. The number of likely N-dealkylation sites (tertiary alicyclic amines) is 1. The number of ether oxygens (including phenoxy) is 3. The van der Waals surface area contributed by atoms with E-state index in [1.54, 1.807) is 0 Å². The molecule has 0 saturated carbocycles. The van der Waals surface area contributed by atoms with Crippen LogP contribution in [-0.4, -0.2) is 49.9 Å². The lowest BCUT2D eigenvalue weighted by Crippen LogP contribution is -2.40. The van der Waals surface area contributed by atoms with Gasteiger partial charge in [-0.05, 0) is 63.9 Å².